The first kappa shape index (κ1) is 7.98. The third-order valence-electron chi connectivity index (χ3n) is 2.14. The molecule has 1 aliphatic carbocycles. The van der Waals surface area contributed by atoms with E-state index in [-0.39, 0.29) is 11.6 Å². The number of halogens is 1. The Morgan fingerprint density at radius 1 is 1.46 bits per heavy atom. The van der Waals surface area contributed by atoms with Crippen LogP contribution in [-0.2, 0) is 6.42 Å². The van der Waals surface area contributed by atoms with Gasteiger partial charge in [0.25, 0.3) is 0 Å². The Morgan fingerprint density at radius 2 is 2.23 bits per heavy atom. The minimum atomic E-state index is -0.356. The van der Waals surface area contributed by atoms with Crippen LogP contribution >= 0.6 is 0 Å². The van der Waals surface area contributed by atoms with E-state index in [1.165, 1.54) is 18.2 Å². The maximum absolute atomic E-state index is 12.7. The van der Waals surface area contributed by atoms with Crippen LogP contribution in [-0.4, -0.2) is 10.9 Å². The Labute approximate surface area is 74.3 Å². The number of rotatable bonds is 0. The molecule has 1 aromatic carbocycles. The minimum absolute atomic E-state index is 0.211. The monoisotopic (exact) mass is 178 g/mol. The number of aliphatic hydroxyl groups is 1. The fourth-order valence-corrected chi connectivity index (χ4v) is 1.49. The second-order valence-corrected chi connectivity index (χ2v) is 2.96. The molecular weight excluding hydrogens is 171 g/mol. The van der Waals surface area contributed by atoms with Crippen molar-refractivity contribution in [3.8, 4) is 0 Å². The number of carbonyl (C=O) groups is 1. The highest BCUT2D eigenvalue weighted by molar-refractivity contribution is 6.12. The quantitative estimate of drug-likeness (QED) is 0.487. The Morgan fingerprint density at radius 3 is 2.92 bits per heavy atom. The zero-order chi connectivity index (χ0) is 9.42. The number of allylic oxidation sites excluding steroid dienone is 1. The van der Waals surface area contributed by atoms with Gasteiger partial charge in [-0.15, -0.1) is 0 Å². The molecule has 13 heavy (non-hydrogen) atoms. The van der Waals surface area contributed by atoms with E-state index >= 15 is 0 Å². The van der Waals surface area contributed by atoms with Crippen LogP contribution in [0.1, 0.15) is 15.9 Å². The highest BCUT2D eigenvalue weighted by atomic mass is 19.1. The molecule has 1 aromatic rings. The van der Waals surface area contributed by atoms with E-state index in [0.717, 1.165) is 6.26 Å². The van der Waals surface area contributed by atoms with E-state index in [1.807, 2.05) is 0 Å². The van der Waals surface area contributed by atoms with Crippen molar-refractivity contribution < 1.29 is 14.3 Å². The first-order valence-corrected chi connectivity index (χ1v) is 3.89. The van der Waals surface area contributed by atoms with Gasteiger partial charge in [0.2, 0.25) is 0 Å². The summed E-state index contributed by atoms with van der Waals surface area (Å²) in [5.74, 6) is -0.566. The standard InChI is InChI=1S/C10H7FO2/c11-8-1-2-9-6(4-8)3-7(5-12)10(9)13/h1-2,4-5,12H,3H2/b7-5-. The molecule has 3 heteroatoms. The molecule has 2 rings (SSSR count). The second-order valence-electron chi connectivity index (χ2n) is 2.96. The lowest BCUT2D eigenvalue weighted by Crippen LogP contribution is -1.94. The van der Waals surface area contributed by atoms with Crippen molar-refractivity contribution in [3.63, 3.8) is 0 Å². The molecule has 0 amide bonds. The zero-order valence-corrected chi connectivity index (χ0v) is 6.75. The predicted octanol–water partition coefficient (Wildman–Crippen LogP) is 2.01. The molecule has 0 spiro atoms. The van der Waals surface area contributed by atoms with Crippen LogP contribution in [0.15, 0.2) is 30.0 Å². The third kappa shape index (κ3) is 1.13. The van der Waals surface area contributed by atoms with Gasteiger partial charge in [-0.3, -0.25) is 4.79 Å². The van der Waals surface area contributed by atoms with Gasteiger partial charge in [-0.1, -0.05) is 0 Å². The summed E-state index contributed by atoms with van der Waals surface area (Å²) in [6.07, 6.45) is 1.11. The molecule has 0 saturated heterocycles. The number of carbonyl (C=O) groups excluding carboxylic acids is 1. The number of aliphatic hydroxyl groups excluding tert-OH is 1. The summed E-state index contributed by atoms with van der Waals surface area (Å²) in [7, 11) is 0. The number of hydrogen-bond donors (Lipinski definition) is 1. The normalized spacial score (nSPS) is 17.9. The van der Waals surface area contributed by atoms with Crippen molar-refractivity contribution in [3.05, 3.63) is 47.0 Å². The van der Waals surface area contributed by atoms with Gasteiger partial charge in [0.05, 0.1) is 6.26 Å². The number of Topliss-reactive ketones (excluding diaryl/α,β-unsaturated/α-hetero) is 1. The molecule has 0 aliphatic heterocycles. The number of fused-ring (bicyclic) bond motifs is 1. The van der Waals surface area contributed by atoms with Gasteiger partial charge in [0.1, 0.15) is 5.82 Å². The lowest BCUT2D eigenvalue weighted by atomic mass is 10.1. The van der Waals surface area contributed by atoms with Crippen molar-refractivity contribution in [1.82, 2.24) is 0 Å². The molecule has 0 fully saturated rings. The van der Waals surface area contributed by atoms with Crippen molar-refractivity contribution in [1.29, 1.82) is 0 Å². The average Bonchev–Trinajstić information content (AvgIpc) is 2.42. The van der Waals surface area contributed by atoms with Crippen molar-refractivity contribution in [2.24, 2.45) is 0 Å². The lowest BCUT2D eigenvalue weighted by molar-refractivity contribution is 0.103. The topological polar surface area (TPSA) is 37.3 Å². The summed E-state index contributed by atoms with van der Waals surface area (Å²) >= 11 is 0. The maximum Gasteiger partial charge on any atom is 0.192 e. The minimum Gasteiger partial charge on any atom is -0.515 e. The lowest BCUT2D eigenvalue weighted by Gasteiger charge is -1.94. The third-order valence-corrected chi connectivity index (χ3v) is 2.14. The van der Waals surface area contributed by atoms with Gasteiger partial charge in [-0.2, -0.15) is 0 Å². The molecule has 0 atom stereocenters. The van der Waals surface area contributed by atoms with E-state index in [9.17, 15) is 9.18 Å². The molecule has 1 N–H and O–H groups in total. The zero-order valence-electron chi connectivity index (χ0n) is 6.75. The first-order chi connectivity index (χ1) is 6.22. The van der Waals surface area contributed by atoms with E-state index < -0.39 is 0 Å². The largest absolute Gasteiger partial charge is 0.515 e. The molecule has 0 bridgehead atoms. The molecule has 66 valence electrons. The van der Waals surface area contributed by atoms with E-state index in [0.29, 0.717) is 23.1 Å². The molecule has 2 nitrogen and oxygen atoms in total. The van der Waals surface area contributed by atoms with E-state index in [2.05, 4.69) is 0 Å². The van der Waals surface area contributed by atoms with Crippen LogP contribution in [0.25, 0.3) is 0 Å². The van der Waals surface area contributed by atoms with Crippen molar-refractivity contribution in [2.45, 2.75) is 6.42 Å². The smallest absolute Gasteiger partial charge is 0.192 e. The van der Waals surface area contributed by atoms with E-state index in [4.69, 9.17) is 5.11 Å². The Bertz CT molecular complexity index is 407. The molecule has 0 radical (unpaired) electrons. The van der Waals surface area contributed by atoms with Crippen LogP contribution in [0.2, 0.25) is 0 Å². The highest BCUT2D eigenvalue weighted by Crippen LogP contribution is 2.26. The van der Waals surface area contributed by atoms with Crippen LogP contribution in [0, 0.1) is 5.82 Å². The van der Waals surface area contributed by atoms with Gasteiger partial charge >= 0.3 is 0 Å². The van der Waals surface area contributed by atoms with Crippen LogP contribution in [0.5, 0.6) is 0 Å². The number of ketones is 1. The van der Waals surface area contributed by atoms with Crippen molar-refractivity contribution in [2.75, 3.05) is 0 Å². The molecule has 0 unspecified atom stereocenters. The summed E-state index contributed by atoms with van der Waals surface area (Å²) in [6.45, 7) is 0. The van der Waals surface area contributed by atoms with Gasteiger partial charge < -0.3 is 5.11 Å². The molecule has 0 aromatic heterocycles. The Kier molecular flexibility index (Phi) is 1.65. The van der Waals surface area contributed by atoms with Crippen molar-refractivity contribution >= 4 is 5.78 Å². The van der Waals surface area contributed by atoms with Crippen LogP contribution in [0.3, 0.4) is 0 Å². The summed E-state index contributed by atoms with van der Waals surface area (Å²) in [5.41, 5.74) is 1.45. The number of hydrogen-bond acceptors (Lipinski definition) is 2. The maximum atomic E-state index is 12.7. The predicted molar refractivity (Wildman–Crippen MR) is 45.1 cm³/mol. The van der Waals surface area contributed by atoms with Gasteiger partial charge in [0, 0.05) is 17.6 Å². The Hall–Kier alpha value is -1.64. The van der Waals surface area contributed by atoms with Gasteiger partial charge in [-0.05, 0) is 23.8 Å². The SMILES string of the molecule is O=C1/C(=C\O)Cc2cc(F)ccc21. The summed E-state index contributed by atoms with van der Waals surface area (Å²) < 4.78 is 12.7. The molecule has 1 aliphatic rings. The van der Waals surface area contributed by atoms with Gasteiger partial charge in [-0.25, -0.2) is 4.39 Å². The highest BCUT2D eigenvalue weighted by Gasteiger charge is 2.24. The van der Waals surface area contributed by atoms with Crippen LogP contribution < -0.4 is 0 Å². The summed E-state index contributed by atoms with van der Waals surface area (Å²) in [5, 5.41) is 8.70. The molecular formula is C10H7FO2. The summed E-state index contributed by atoms with van der Waals surface area (Å²) in [4.78, 5) is 11.4. The molecule has 0 heterocycles. The fourth-order valence-electron chi connectivity index (χ4n) is 1.49. The number of benzene rings is 1. The second kappa shape index (κ2) is 2.69. The fraction of sp³-hybridized carbons (Fsp3) is 0.100. The average molecular weight is 178 g/mol. The van der Waals surface area contributed by atoms with Gasteiger partial charge in [0.15, 0.2) is 5.78 Å². The van der Waals surface area contributed by atoms with E-state index in [1.54, 1.807) is 0 Å². The first-order valence-electron chi connectivity index (χ1n) is 3.89. The Balaban J connectivity index is 2.56. The molecule has 0 saturated carbocycles. The summed E-state index contributed by atoms with van der Waals surface area (Å²) in [6, 6.07) is 4.02. The van der Waals surface area contributed by atoms with Crippen LogP contribution in [0.4, 0.5) is 4.39 Å².